The Balaban J connectivity index is 1.79. The van der Waals surface area contributed by atoms with E-state index in [1.54, 1.807) is 11.3 Å². The highest BCUT2D eigenvalue weighted by Crippen LogP contribution is 2.31. The zero-order valence-electron chi connectivity index (χ0n) is 20.2. The molecule has 0 radical (unpaired) electrons. The monoisotopic (exact) mass is 455 g/mol. The Hall–Kier alpha value is -2.67. The average molecular weight is 456 g/mol. The van der Waals surface area contributed by atoms with Gasteiger partial charge in [0.15, 0.2) is 0 Å². The Bertz CT molecular complexity index is 1120. The maximum absolute atomic E-state index is 11.8. The van der Waals surface area contributed by atoms with Crippen molar-refractivity contribution in [3.8, 4) is 10.6 Å². The fourth-order valence-corrected chi connectivity index (χ4v) is 4.80. The standard InChI is InChI=1S/C25H34N4O2S/c1-16(2)29(17(3)4)19-9-11-21-23(15-19)32-22-14-18(8-10-20(22)28-21)26-12-13-27-24(30)31-25(5,6)7/h8-11,14-17H,12-13H2,1-7H3,(H,27,30)/p+1. The van der Waals surface area contributed by atoms with Crippen LogP contribution in [0.4, 0.5) is 10.5 Å². The van der Waals surface area contributed by atoms with E-state index in [4.69, 9.17) is 9.72 Å². The number of nitrogens with one attached hydrogen (secondary N) is 2. The van der Waals surface area contributed by atoms with Crippen LogP contribution in [0.5, 0.6) is 0 Å². The maximum atomic E-state index is 11.8. The van der Waals surface area contributed by atoms with Crippen LogP contribution in [0.2, 0.25) is 0 Å². The lowest BCUT2D eigenvalue weighted by molar-refractivity contribution is 0.0530. The van der Waals surface area contributed by atoms with Crippen molar-refractivity contribution in [2.75, 3.05) is 18.4 Å². The molecule has 172 valence electrons. The van der Waals surface area contributed by atoms with Crippen LogP contribution in [-0.4, -0.2) is 41.9 Å². The van der Waals surface area contributed by atoms with Gasteiger partial charge in [0, 0.05) is 30.9 Å². The Morgan fingerprint density at radius 1 is 1.06 bits per heavy atom. The number of benzene rings is 2. The van der Waals surface area contributed by atoms with E-state index in [0.717, 1.165) is 21.6 Å². The molecule has 2 aliphatic rings. The molecule has 1 aromatic carbocycles. The highest BCUT2D eigenvalue weighted by atomic mass is 32.1. The molecular formula is C25H35N4O2S+. The summed E-state index contributed by atoms with van der Waals surface area (Å²) in [7, 11) is 0. The summed E-state index contributed by atoms with van der Waals surface area (Å²) < 4.78 is 8.80. The van der Waals surface area contributed by atoms with Gasteiger partial charge in [0.1, 0.15) is 17.7 Å². The van der Waals surface area contributed by atoms with Gasteiger partial charge in [0.05, 0.1) is 20.8 Å². The predicted molar refractivity (Wildman–Crippen MR) is 135 cm³/mol. The van der Waals surface area contributed by atoms with Crippen molar-refractivity contribution in [2.24, 2.45) is 0 Å². The zero-order valence-corrected chi connectivity index (χ0v) is 21.0. The maximum Gasteiger partial charge on any atom is 0.407 e. The van der Waals surface area contributed by atoms with E-state index in [2.05, 4.69) is 67.2 Å². The second-order valence-electron chi connectivity index (χ2n) is 9.50. The van der Waals surface area contributed by atoms with E-state index in [9.17, 15) is 4.79 Å². The molecule has 7 heteroatoms. The van der Waals surface area contributed by atoms with Gasteiger partial charge in [-0.05, 0) is 72.7 Å². The predicted octanol–water partition coefficient (Wildman–Crippen LogP) is 4.93. The van der Waals surface area contributed by atoms with Gasteiger partial charge in [-0.2, -0.15) is 0 Å². The quantitative estimate of drug-likeness (QED) is 0.314. The molecule has 3 rings (SSSR count). The summed E-state index contributed by atoms with van der Waals surface area (Å²) in [5.74, 6) is 0. The first-order valence-corrected chi connectivity index (χ1v) is 12.0. The number of anilines is 1. The molecule has 6 nitrogen and oxygen atoms in total. The van der Waals surface area contributed by atoms with Crippen molar-refractivity contribution < 1.29 is 9.53 Å². The number of nitrogens with zero attached hydrogens (tertiary/aromatic N) is 2. The van der Waals surface area contributed by atoms with Crippen molar-refractivity contribution in [3.05, 3.63) is 41.8 Å². The summed E-state index contributed by atoms with van der Waals surface area (Å²) in [5, 5.41) is 7.35. The van der Waals surface area contributed by atoms with E-state index in [1.165, 1.54) is 10.2 Å². The molecule has 0 unspecified atom stereocenters. The summed E-state index contributed by atoms with van der Waals surface area (Å²) >= 11 is 1.75. The molecule has 0 aromatic heterocycles. The number of hydrogen-bond acceptors (Lipinski definition) is 5. The normalized spacial score (nSPS) is 11.9. The SMILES string of the molecule is CC(C)[N+](=c1ccc2nc3ccc(NCCNC(=O)OC(C)(C)C)cc3sc-2c1)C(C)C. The molecule has 0 saturated heterocycles. The lowest BCUT2D eigenvalue weighted by Gasteiger charge is -2.19. The second-order valence-corrected chi connectivity index (χ2v) is 10.6. The molecule has 1 heterocycles. The van der Waals surface area contributed by atoms with E-state index in [-0.39, 0.29) is 0 Å². The van der Waals surface area contributed by atoms with Crippen LogP contribution in [0.15, 0.2) is 36.4 Å². The van der Waals surface area contributed by atoms with Crippen LogP contribution in [0.3, 0.4) is 0 Å². The largest absolute Gasteiger partial charge is 0.444 e. The van der Waals surface area contributed by atoms with Gasteiger partial charge in [-0.25, -0.2) is 14.4 Å². The summed E-state index contributed by atoms with van der Waals surface area (Å²) in [4.78, 5) is 17.8. The Kier molecular flexibility index (Phi) is 7.39. The van der Waals surface area contributed by atoms with Crippen LogP contribution in [0, 0.1) is 0 Å². The van der Waals surface area contributed by atoms with Crippen LogP contribution in [-0.2, 0) is 4.74 Å². The first kappa shape index (κ1) is 24.0. The summed E-state index contributed by atoms with van der Waals surface area (Å²) in [6.45, 7) is 15.5. The second kappa shape index (κ2) is 9.86. The molecule has 1 amide bonds. The number of alkyl carbamates (subject to hydrolysis) is 1. The minimum atomic E-state index is -0.492. The zero-order chi connectivity index (χ0) is 23.5. The van der Waals surface area contributed by atoms with E-state index in [0.29, 0.717) is 25.2 Å². The van der Waals surface area contributed by atoms with Crippen molar-refractivity contribution in [2.45, 2.75) is 66.2 Å². The Morgan fingerprint density at radius 3 is 2.44 bits per heavy atom. The molecule has 0 bridgehead atoms. The van der Waals surface area contributed by atoms with Gasteiger partial charge in [-0.1, -0.05) is 0 Å². The smallest absolute Gasteiger partial charge is 0.407 e. The van der Waals surface area contributed by atoms with E-state index < -0.39 is 11.7 Å². The van der Waals surface area contributed by atoms with Crippen LogP contribution < -0.4 is 20.6 Å². The molecule has 32 heavy (non-hydrogen) atoms. The number of fused-ring (bicyclic) bond motifs is 2. The summed E-state index contributed by atoms with van der Waals surface area (Å²) in [6.07, 6.45) is -0.400. The molecule has 0 saturated carbocycles. The molecular weight excluding hydrogens is 420 g/mol. The Labute approximate surface area is 194 Å². The van der Waals surface area contributed by atoms with E-state index in [1.807, 2.05) is 32.9 Å². The van der Waals surface area contributed by atoms with Gasteiger partial charge >= 0.3 is 6.09 Å². The third-order valence-corrected chi connectivity index (χ3v) is 5.99. The molecule has 0 fully saturated rings. The van der Waals surface area contributed by atoms with Gasteiger partial charge in [0.2, 0.25) is 5.36 Å². The van der Waals surface area contributed by atoms with Crippen LogP contribution >= 0.6 is 11.3 Å². The molecule has 2 N–H and O–H groups in total. The van der Waals surface area contributed by atoms with Gasteiger partial charge in [-0.15, -0.1) is 11.3 Å². The molecule has 1 aliphatic heterocycles. The number of ether oxygens (including phenoxy) is 1. The molecule has 0 atom stereocenters. The van der Waals surface area contributed by atoms with Crippen molar-refractivity contribution >= 4 is 33.3 Å². The van der Waals surface area contributed by atoms with Gasteiger partial charge < -0.3 is 15.4 Å². The van der Waals surface area contributed by atoms with Gasteiger partial charge in [0.25, 0.3) is 0 Å². The fraction of sp³-hybridized carbons (Fsp3) is 0.480. The first-order chi connectivity index (χ1) is 15.0. The summed E-state index contributed by atoms with van der Waals surface area (Å²) in [5.41, 5.74) is 2.51. The fourth-order valence-electron chi connectivity index (χ4n) is 3.76. The van der Waals surface area contributed by atoms with Crippen molar-refractivity contribution in [1.82, 2.24) is 14.9 Å². The highest BCUT2D eigenvalue weighted by molar-refractivity contribution is 7.21. The highest BCUT2D eigenvalue weighted by Gasteiger charge is 2.17. The number of amides is 1. The van der Waals surface area contributed by atoms with Crippen LogP contribution in [0.1, 0.15) is 48.5 Å². The molecule has 0 spiro atoms. The number of hydrogen-bond donors (Lipinski definition) is 2. The van der Waals surface area contributed by atoms with E-state index >= 15 is 0 Å². The molecule has 1 aliphatic carbocycles. The lowest BCUT2D eigenvalue weighted by Crippen LogP contribution is -2.40. The summed E-state index contributed by atoms with van der Waals surface area (Å²) in [6, 6.07) is 13.6. The average Bonchev–Trinajstić information content (AvgIpc) is 2.67. The first-order valence-electron chi connectivity index (χ1n) is 11.2. The number of carbonyl (C=O) groups excluding carboxylic acids is 1. The third-order valence-electron chi connectivity index (χ3n) is 4.90. The molecule has 1 aromatic rings. The third kappa shape index (κ3) is 6.19. The Morgan fingerprint density at radius 2 is 1.78 bits per heavy atom. The van der Waals surface area contributed by atoms with Gasteiger partial charge in [-0.3, -0.25) is 0 Å². The van der Waals surface area contributed by atoms with Crippen LogP contribution in [0.25, 0.3) is 20.8 Å². The topological polar surface area (TPSA) is 66.3 Å². The minimum Gasteiger partial charge on any atom is -0.444 e. The van der Waals surface area contributed by atoms with Crippen molar-refractivity contribution in [3.63, 3.8) is 0 Å². The van der Waals surface area contributed by atoms with Crippen molar-refractivity contribution in [1.29, 1.82) is 0 Å². The number of rotatable bonds is 6. The number of aromatic nitrogens is 1. The lowest BCUT2D eigenvalue weighted by atomic mass is 10.2. The minimum absolute atomic E-state index is 0.400. The number of carbonyl (C=O) groups is 1.